The van der Waals surface area contributed by atoms with Crippen LogP contribution < -0.4 is 9.80 Å². The molecule has 1 aliphatic heterocycles. The highest BCUT2D eigenvalue weighted by Crippen LogP contribution is 2.11. The minimum absolute atomic E-state index is 0.0721. The Morgan fingerprint density at radius 2 is 1.77 bits per heavy atom. The van der Waals surface area contributed by atoms with E-state index < -0.39 is 4.92 Å². The molecule has 1 fully saturated rings. The van der Waals surface area contributed by atoms with Gasteiger partial charge < -0.3 is 9.80 Å². The van der Waals surface area contributed by atoms with Gasteiger partial charge in [0.15, 0.2) is 0 Å². The zero-order valence-corrected chi connectivity index (χ0v) is 12.2. The van der Waals surface area contributed by atoms with Crippen molar-refractivity contribution in [1.82, 2.24) is 9.97 Å². The lowest BCUT2D eigenvalue weighted by atomic mass is 10.2. The standard InChI is InChI=1S/C15H17N5O2/c21-20(22)14-10-16-15(17-11-14)19-8-6-18(7-9-19)12-13-4-2-1-3-5-13/h1-5,10-11H,6-9,12H2/p+1. The summed E-state index contributed by atoms with van der Waals surface area (Å²) in [6, 6.07) is 10.5. The molecule has 1 saturated heterocycles. The Hall–Kier alpha value is -2.54. The molecule has 0 spiro atoms. The normalized spacial score (nSPS) is 15.7. The Morgan fingerprint density at radius 3 is 2.36 bits per heavy atom. The summed E-state index contributed by atoms with van der Waals surface area (Å²) < 4.78 is 0. The number of rotatable bonds is 4. The van der Waals surface area contributed by atoms with Crippen molar-refractivity contribution >= 4 is 11.6 Å². The van der Waals surface area contributed by atoms with Gasteiger partial charge in [0.1, 0.15) is 18.9 Å². The fourth-order valence-electron chi connectivity index (χ4n) is 2.66. The minimum atomic E-state index is -0.480. The van der Waals surface area contributed by atoms with E-state index in [0.717, 1.165) is 32.7 Å². The van der Waals surface area contributed by atoms with Crippen LogP contribution in [0.5, 0.6) is 0 Å². The third kappa shape index (κ3) is 3.37. The van der Waals surface area contributed by atoms with Crippen molar-refractivity contribution in [2.24, 2.45) is 0 Å². The molecule has 1 aromatic carbocycles. The maximum atomic E-state index is 10.6. The molecule has 22 heavy (non-hydrogen) atoms. The lowest BCUT2D eigenvalue weighted by Gasteiger charge is -2.32. The Bertz CT molecular complexity index is 624. The van der Waals surface area contributed by atoms with Gasteiger partial charge in [0.05, 0.1) is 31.1 Å². The van der Waals surface area contributed by atoms with Gasteiger partial charge in [-0.15, -0.1) is 0 Å². The smallest absolute Gasteiger partial charge is 0.305 e. The number of piperazine rings is 1. The van der Waals surface area contributed by atoms with Crippen molar-refractivity contribution in [1.29, 1.82) is 0 Å². The van der Waals surface area contributed by atoms with E-state index in [9.17, 15) is 10.1 Å². The van der Waals surface area contributed by atoms with E-state index in [1.54, 1.807) is 0 Å². The molecule has 0 aliphatic carbocycles. The highest BCUT2D eigenvalue weighted by atomic mass is 16.6. The van der Waals surface area contributed by atoms with Crippen LogP contribution in [0.15, 0.2) is 42.7 Å². The topological polar surface area (TPSA) is 76.6 Å². The number of nitrogens with zero attached hydrogens (tertiary/aromatic N) is 4. The number of anilines is 1. The van der Waals surface area contributed by atoms with Gasteiger partial charge in [-0.2, -0.15) is 0 Å². The van der Waals surface area contributed by atoms with Crippen molar-refractivity contribution < 1.29 is 9.82 Å². The lowest BCUT2D eigenvalue weighted by molar-refractivity contribution is -0.914. The van der Waals surface area contributed by atoms with Crippen LogP contribution in [-0.2, 0) is 6.54 Å². The molecule has 0 unspecified atom stereocenters. The predicted octanol–water partition coefficient (Wildman–Crippen LogP) is 0.290. The summed E-state index contributed by atoms with van der Waals surface area (Å²) >= 11 is 0. The van der Waals surface area contributed by atoms with Crippen LogP contribution in [0.2, 0.25) is 0 Å². The summed E-state index contributed by atoms with van der Waals surface area (Å²) in [7, 11) is 0. The molecule has 0 saturated carbocycles. The van der Waals surface area contributed by atoms with E-state index in [0.29, 0.717) is 5.95 Å². The number of quaternary nitrogens is 1. The molecule has 1 N–H and O–H groups in total. The van der Waals surface area contributed by atoms with Gasteiger partial charge in [-0.05, 0) is 0 Å². The van der Waals surface area contributed by atoms with Gasteiger partial charge in [-0.3, -0.25) is 10.1 Å². The van der Waals surface area contributed by atoms with E-state index in [1.165, 1.54) is 22.9 Å². The third-order valence-electron chi connectivity index (χ3n) is 3.89. The second-order valence-electron chi connectivity index (χ2n) is 5.40. The molecule has 1 aromatic heterocycles. The molecular formula is C15H18N5O2+. The predicted molar refractivity (Wildman–Crippen MR) is 81.7 cm³/mol. The van der Waals surface area contributed by atoms with Crippen LogP contribution in [-0.4, -0.2) is 41.1 Å². The van der Waals surface area contributed by atoms with Crippen molar-refractivity contribution in [2.75, 3.05) is 31.1 Å². The first-order valence-electron chi connectivity index (χ1n) is 7.31. The van der Waals surface area contributed by atoms with Gasteiger partial charge in [-0.25, -0.2) is 9.97 Å². The molecule has 1 aliphatic rings. The highest BCUT2D eigenvalue weighted by molar-refractivity contribution is 5.34. The quantitative estimate of drug-likeness (QED) is 0.649. The maximum Gasteiger partial charge on any atom is 0.305 e. The Balaban J connectivity index is 1.56. The molecule has 0 amide bonds. The minimum Gasteiger partial charge on any atom is -0.330 e. The first-order valence-corrected chi connectivity index (χ1v) is 7.31. The number of benzene rings is 1. The zero-order chi connectivity index (χ0) is 15.4. The highest BCUT2D eigenvalue weighted by Gasteiger charge is 2.22. The second kappa shape index (κ2) is 6.48. The summed E-state index contributed by atoms with van der Waals surface area (Å²) in [5, 5.41) is 10.6. The van der Waals surface area contributed by atoms with Gasteiger partial charge in [0, 0.05) is 5.56 Å². The van der Waals surface area contributed by atoms with Gasteiger partial charge in [0.25, 0.3) is 0 Å². The van der Waals surface area contributed by atoms with E-state index in [2.05, 4.69) is 39.1 Å². The molecule has 2 heterocycles. The summed E-state index contributed by atoms with van der Waals surface area (Å²) in [6.07, 6.45) is 2.54. The van der Waals surface area contributed by atoms with Crippen LogP contribution >= 0.6 is 0 Å². The lowest BCUT2D eigenvalue weighted by Crippen LogP contribution is -3.13. The van der Waals surface area contributed by atoms with Crippen LogP contribution in [0.4, 0.5) is 11.6 Å². The SMILES string of the molecule is O=[N+]([O-])c1cnc(N2CC[NH+](Cc3ccccc3)CC2)nc1. The second-order valence-corrected chi connectivity index (χ2v) is 5.40. The largest absolute Gasteiger partial charge is 0.330 e. The Morgan fingerprint density at radius 1 is 1.14 bits per heavy atom. The van der Waals surface area contributed by atoms with Gasteiger partial charge >= 0.3 is 5.69 Å². The number of hydrogen-bond acceptors (Lipinski definition) is 5. The number of hydrogen-bond donors (Lipinski definition) is 1. The fraction of sp³-hybridized carbons (Fsp3) is 0.333. The van der Waals surface area contributed by atoms with Crippen LogP contribution in [0, 0.1) is 10.1 Å². The van der Waals surface area contributed by atoms with Gasteiger partial charge in [0.2, 0.25) is 5.95 Å². The van der Waals surface area contributed by atoms with Crippen LogP contribution in [0.3, 0.4) is 0 Å². The van der Waals surface area contributed by atoms with E-state index in [1.807, 2.05) is 6.07 Å². The zero-order valence-electron chi connectivity index (χ0n) is 12.2. The van der Waals surface area contributed by atoms with E-state index in [-0.39, 0.29) is 5.69 Å². The van der Waals surface area contributed by atoms with Crippen molar-refractivity contribution in [3.05, 3.63) is 58.4 Å². The average Bonchev–Trinajstić information content (AvgIpc) is 2.57. The van der Waals surface area contributed by atoms with Crippen molar-refractivity contribution in [2.45, 2.75) is 6.54 Å². The number of nitro groups is 1. The number of nitrogens with one attached hydrogen (secondary N) is 1. The summed E-state index contributed by atoms with van der Waals surface area (Å²) in [5.41, 5.74) is 1.27. The summed E-state index contributed by atoms with van der Waals surface area (Å²) in [4.78, 5) is 21.9. The van der Waals surface area contributed by atoms with Crippen molar-refractivity contribution in [3.8, 4) is 0 Å². The Labute approximate surface area is 128 Å². The molecule has 7 heteroatoms. The van der Waals surface area contributed by atoms with Gasteiger partial charge in [-0.1, -0.05) is 30.3 Å². The molecule has 7 nitrogen and oxygen atoms in total. The van der Waals surface area contributed by atoms with Crippen molar-refractivity contribution in [3.63, 3.8) is 0 Å². The molecule has 0 atom stereocenters. The maximum absolute atomic E-state index is 10.6. The molecular weight excluding hydrogens is 282 g/mol. The first kappa shape index (κ1) is 14.4. The average molecular weight is 300 g/mol. The van der Waals surface area contributed by atoms with Crippen LogP contribution in [0.25, 0.3) is 0 Å². The molecule has 3 rings (SSSR count). The van der Waals surface area contributed by atoms with Crippen LogP contribution in [0.1, 0.15) is 5.56 Å². The monoisotopic (exact) mass is 300 g/mol. The van der Waals surface area contributed by atoms with E-state index in [4.69, 9.17) is 0 Å². The third-order valence-corrected chi connectivity index (χ3v) is 3.89. The first-order chi connectivity index (χ1) is 10.7. The van der Waals surface area contributed by atoms with E-state index >= 15 is 0 Å². The molecule has 2 aromatic rings. The molecule has 0 radical (unpaired) electrons. The summed E-state index contributed by atoms with van der Waals surface area (Å²) in [5.74, 6) is 0.573. The molecule has 114 valence electrons. The molecule has 0 bridgehead atoms. The Kier molecular flexibility index (Phi) is 4.24. The fourth-order valence-corrected chi connectivity index (χ4v) is 2.66. The number of aromatic nitrogens is 2. The summed E-state index contributed by atoms with van der Waals surface area (Å²) in [6.45, 7) is 4.76.